The van der Waals surface area contributed by atoms with E-state index < -0.39 is 0 Å². The third kappa shape index (κ3) is 1.43. The zero-order chi connectivity index (χ0) is 8.55. The highest BCUT2D eigenvalue weighted by Gasteiger charge is 2.34. The van der Waals surface area contributed by atoms with Crippen LogP contribution in [-0.4, -0.2) is 17.3 Å². The highest BCUT2D eigenvalue weighted by Crippen LogP contribution is 2.28. The molecule has 2 rings (SSSR count). The molecule has 64 valence electrons. The van der Waals surface area contributed by atoms with E-state index in [1.807, 2.05) is 25.1 Å². The third-order valence-electron chi connectivity index (χ3n) is 2.25. The molecule has 0 amide bonds. The molecule has 1 aromatic carbocycles. The van der Waals surface area contributed by atoms with Gasteiger partial charge in [0.25, 0.3) is 0 Å². The summed E-state index contributed by atoms with van der Waals surface area (Å²) < 4.78 is 5.26. The summed E-state index contributed by atoms with van der Waals surface area (Å²) in [4.78, 5) is 0. The van der Waals surface area contributed by atoms with E-state index in [0.717, 1.165) is 12.0 Å². The number of para-hydroxylation sites is 1. The summed E-state index contributed by atoms with van der Waals surface area (Å²) in [7, 11) is 0. The summed E-state index contributed by atoms with van der Waals surface area (Å²) in [6.45, 7) is 2.05. The number of phenols is 1. The fourth-order valence-electron chi connectivity index (χ4n) is 1.34. The molecule has 1 heterocycles. The zero-order valence-corrected chi connectivity index (χ0v) is 7.03. The number of benzene rings is 1. The van der Waals surface area contributed by atoms with Crippen molar-refractivity contribution in [3.8, 4) is 5.75 Å². The SMILES string of the molecule is CC1OC1Cc1ccccc1O. The van der Waals surface area contributed by atoms with Crippen molar-refractivity contribution in [3.05, 3.63) is 29.8 Å². The lowest BCUT2D eigenvalue weighted by Crippen LogP contribution is -1.95. The molecular formula is C10H12O2. The molecule has 0 aliphatic carbocycles. The second-order valence-corrected chi connectivity index (χ2v) is 3.21. The first-order valence-corrected chi connectivity index (χ1v) is 4.19. The molecule has 1 aliphatic heterocycles. The monoisotopic (exact) mass is 164 g/mol. The zero-order valence-electron chi connectivity index (χ0n) is 7.03. The third-order valence-corrected chi connectivity index (χ3v) is 2.25. The first-order chi connectivity index (χ1) is 5.77. The minimum atomic E-state index is 0.318. The van der Waals surface area contributed by atoms with Crippen molar-refractivity contribution in [2.45, 2.75) is 25.6 Å². The van der Waals surface area contributed by atoms with E-state index >= 15 is 0 Å². The molecule has 1 saturated heterocycles. The van der Waals surface area contributed by atoms with E-state index in [9.17, 15) is 5.11 Å². The Balaban J connectivity index is 2.08. The number of rotatable bonds is 2. The van der Waals surface area contributed by atoms with E-state index in [4.69, 9.17) is 4.74 Å². The minimum absolute atomic E-state index is 0.318. The molecule has 2 unspecified atom stereocenters. The van der Waals surface area contributed by atoms with Crippen LogP contribution in [0.4, 0.5) is 0 Å². The Labute approximate surface area is 71.8 Å². The van der Waals surface area contributed by atoms with E-state index in [1.54, 1.807) is 6.07 Å². The van der Waals surface area contributed by atoms with E-state index in [-0.39, 0.29) is 0 Å². The molecule has 1 aliphatic rings. The molecule has 0 bridgehead atoms. The molecular weight excluding hydrogens is 152 g/mol. The van der Waals surface area contributed by atoms with Crippen LogP contribution in [0.15, 0.2) is 24.3 Å². The van der Waals surface area contributed by atoms with Gasteiger partial charge in [-0.3, -0.25) is 0 Å². The van der Waals surface area contributed by atoms with Crippen LogP contribution in [0.3, 0.4) is 0 Å². The molecule has 1 aromatic rings. The molecule has 1 N–H and O–H groups in total. The number of phenolic OH excluding ortho intramolecular Hbond substituents is 1. The number of epoxide rings is 1. The van der Waals surface area contributed by atoms with Crippen LogP contribution >= 0.6 is 0 Å². The summed E-state index contributed by atoms with van der Waals surface area (Å²) in [5.74, 6) is 0.375. The summed E-state index contributed by atoms with van der Waals surface area (Å²) in [5, 5.41) is 9.42. The number of aromatic hydroxyl groups is 1. The fraction of sp³-hybridized carbons (Fsp3) is 0.400. The molecule has 12 heavy (non-hydrogen) atoms. The normalized spacial score (nSPS) is 27.1. The average molecular weight is 164 g/mol. The topological polar surface area (TPSA) is 32.8 Å². The Hall–Kier alpha value is -1.02. The largest absolute Gasteiger partial charge is 0.508 e. The molecule has 0 radical (unpaired) electrons. The van der Waals surface area contributed by atoms with E-state index in [0.29, 0.717) is 18.0 Å². The van der Waals surface area contributed by atoms with Gasteiger partial charge in [0.2, 0.25) is 0 Å². The highest BCUT2D eigenvalue weighted by atomic mass is 16.6. The van der Waals surface area contributed by atoms with Gasteiger partial charge in [0.15, 0.2) is 0 Å². The van der Waals surface area contributed by atoms with Crippen molar-refractivity contribution in [2.24, 2.45) is 0 Å². The van der Waals surface area contributed by atoms with Crippen LogP contribution in [0.2, 0.25) is 0 Å². The lowest BCUT2D eigenvalue weighted by molar-refractivity contribution is 0.375. The fourth-order valence-corrected chi connectivity index (χ4v) is 1.34. The van der Waals surface area contributed by atoms with Gasteiger partial charge in [-0.15, -0.1) is 0 Å². The van der Waals surface area contributed by atoms with Crippen LogP contribution in [0.5, 0.6) is 5.75 Å². The Morgan fingerprint density at radius 3 is 2.67 bits per heavy atom. The van der Waals surface area contributed by atoms with Crippen molar-refractivity contribution < 1.29 is 9.84 Å². The van der Waals surface area contributed by atoms with Gasteiger partial charge in [-0.05, 0) is 18.6 Å². The van der Waals surface area contributed by atoms with Crippen molar-refractivity contribution in [1.29, 1.82) is 0 Å². The van der Waals surface area contributed by atoms with Gasteiger partial charge in [0, 0.05) is 6.42 Å². The average Bonchev–Trinajstić information content (AvgIpc) is 2.72. The van der Waals surface area contributed by atoms with Crippen LogP contribution in [-0.2, 0) is 11.2 Å². The Morgan fingerprint density at radius 2 is 2.08 bits per heavy atom. The standard InChI is InChI=1S/C10H12O2/c1-7-10(12-7)6-8-4-2-3-5-9(8)11/h2-5,7,10-11H,6H2,1H3. The number of hydrogen-bond donors (Lipinski definition) is 1. The maximum atomic E-state index is 9.42. The van der Waals surface area contributed by atoms with Crippen molar-refractivity contribution in [3.63, 3.8) is 0 Å². The van der Waals surface area contributed by atoms with E-state index in [2.05, 4.69) is 0 Å². The molecule has 2 nitrogen and oxygen atoms in total. The van der Waals surface area contributed by atoms with Crippen LogP contribution in [0, 0.1) is 0 Å². The van der Waals surface area contributed by atoms with Gasteiger partial charge in [-0.2, -0.15) is 0 Å². The second-order valence-electron chi connectivity index (χ2n) is 3.21. The Morgan fingerprint density at radius 1 is 1.42 bits per heavy atom. The van der Waals surface area contributed by atoms with Crippen LogP contribution < -0.4 is 0 Å². The van der Waals surface area contributed by atoms with Crippen molar-refractivity contribution in [2.75, 3.05) is 0 Å². The second kappa shape index (κ2) is 2.79. The van der Waals surface area contributed by atoms with Gasteiger partial charge in [0.05, 0.1) is 12.2 Å². The summed E-state index contributed by atoms with van der Waals surface area (Å²) in [5.41, 5.74) is 0.979. The van der Waals surface area contributed by atoms with Crippen molar-refractivity contribution >= 4 is 0 Å². The van der Waals surface area contributed by atoms with Gasteiger partial charge in [-0.1, -0.05) is 18.2 Å². The number of ether oxygens (including phenoxy) is 1. The predicted molar refractivity (Wildman–Crippen MR) is 46.1 cm³/mol. The summed E-state index contributed by atoms with van der Waals surface area (Å²) >= 11 is 0. The summed E-state index contributed by atoms with van der Waals surface area (Å²) in [6.07, 6.45) is 1.51. The minimum Gasteiger partial charge on any atom is -0.508 e. The van der Waals surface area contributed by atoms with Crippen LogP contribution in [0.1, 0.15) is 12.5 Å². The molecule has 0 spiro atoms. The lowest BCUT2D eigenvalue weighted by Gasteiger charge is -2.00. The van der Waals surface area contributed by atoms with Crippen LogP contribution in [0.25, 0.3) is 0 Å². The Bertz CT molecular complexity index is 283. The van der Waals surface area contributed by atoms with Crippen molar-refractivity contribution in [1.82, 2.24) is 0 Å². The molecule has 0 saturated carbocycles. The van der Waals surface area contributed by atoms with Gasteiger partial charge in [0.1, 0.15) is 5.75 Å². The first-order valence-electron chi connectivity index (χ1n) is 4.19. The van der Waals surface area contributed by atoms with Gasteiger partial charge in [-0.25, -0.2) is 0 Å². The first kappa shape index (κ1) is 7.62. The highest BCUT2D eigenvalue weighted by molar-refractivity contribution is 5.32. The van der Waals surface area contributed by atoms with E-state index in [1.165, 1.54) is 0 Å². The number of hydrogen-bond acceptors (Lipinski definition) is 2. The van der Waals surface area contributed by atoms with Gasteiger partial charge >= 0.3 is 0 Å². The smallest absolute Gasteiger partial charge is 0.118 e. The quantitative estimate of drug-likeness (QED) is 0.675. The van der Waals surface area contributed by atoms with Gasteiger partial charge < -0.3 is 9.84 Å². The lowest BCUT2D eigenvalue weighted by atomic mass is 10.1. The molecule has 0 aromatic heterocycles. The molecule has 2 atom stereocenters. The maximum absolute atomic E-state index is 9.42. The summed E-state index contributed by atoms with van der Waals surface area (Å²) in [6, 6.07) is 7.41. The molecule has 2 heteroatoms. The molecule has 1 fully saturated rings. The Kier molecular flexibility index (Phi) is 1.77. The maximum Gasteiger partial charge on any atom is 0.118 e. The predicted octanol–water partition coefficient (Wildman–Crippen LogP) is 1.72.